The largest absolute Gasteiger partial charge is 0.497 e. The monoisotopic (exact) mass is 414 g/mol. The number of benzene rings is 2. The molecular formula is C20H22N4O4S. The topological polar surface area (TPSA) is 101 Å². The van der Waals surface area contributed by atoms with Gasteiger partial charge in [-0.25, -0.2) is 13.1 Å². The number of sulfonamides is 1. The van der Waals surface area contributed by atoms with E-state index >= 15 is 0 Å². The summed E-state index contributed by atoms with van der Waals surface area (Å²) >= 11 is 0. The lowest BCUT2D eigenvalue weighted by molar-refractivity contribution is -0.121. The average Bonchev–Trinajstić information content (AvgIpc) is 3.44. The number of hydrogen-bond acceptors (Lipinski definition) is 5. The van der Waals surface area contributed by atoms with Gasteiger partial charge in [-0.3, -0.25) is 15.6 Å². The third kappa shape index (κ3) is 4.52. The molecule has 1 heterocycles. The Balaban J connectivity index is 1.35. The quantitative estimate of drug-likeness (QED) is 0.491. The van der Waals surface area contributed by atoms with E-state index in [2.05, 4.69) is 15.6 Å². The first-order chi connectivity index (χ1) is 13.9. The number of carbonyl (C=O) groups is 1. The van der Waals surface area contributed by atoms with Crippen LogP contribution in [0.1, 0.15) is 12.8 Å². The molecule has 4 rings (SSSR count). The van der Waals surface area contributed by atoms with E-state index in [1.54, 1.807) is 19.2 Å². The maximum Gasteiger partial charge on any atom is 0.258 e. The third-order valence-electron chi connectivity index (χ3n) is 4.70. The van der Waals surface area contributed by atoms with E-state index in [0.29, 0.717) is 5.69 Å². The summed E-state index contributed by atoms with van der Waals surface area (Å²) < 4.78 is 34.0. The van der Waals surface area contributed by atoms with Crippen LogP contribution in [0.3, 0.4) is 0 Å². The van der Waals surface area contributed by atoms with Crippen LogP contribution in [0.25, 0.3) is 10.9 Å². The van der Waals surface area contributed by atoms with E-state index in [4.69, 9.17) is 4.74 Å². The minimum atomic E-state index is -3.48. The summed E-state index contributed by atoms with van der Waals surface area (Å²) in [5.74, 6) is 0.532. The highest BCUT2D eigenvalue weighted by Crippen LogP contribution is 2.23. The van der Waals surface area contributed by atoms with E-state index in [-0.39, 0.29) is 23.4 Å². The van der Waals surface area contributed by atoms with Gasteiger partial charge in [0.1, 0.15) is 12.3 Å². The molecule has 152 valence electrons. The molecule has 0 unspecified atom stereocenters. The lowest BCUT2D eigenvalue weighted by Crippen LogP contribution is -2.32. The van der Waals surface area contributed by atoms with Gasteiger partial charge in [-0.2, -0.15) is 0 Å². The van der Waals surface area contributed by atoms with Crippen molar-refractivity contribution in [1.82, 2.24) is 14.7 Å². The molecule has 1 aliphatic carbocycles. The molecule has 1 aromatic heterocycles. The molecule has 3 aromatic rings. The number of hydrazine groups is 1. The number of ether oxygens (including phenoxy) is 1. The fourth-order valence-corrected chi connectivity index (χ4v) is 4.29. The van der Waals surface area contributed by atoms with E-state index in [1.807, 2.05) is 35.0 Å². The zero-order valence-electron chi connectivity index (χ0n) is 15.9. The molecular weight excluding hydrogens is 392 g/mol. The molecule has 29 heavy (non-hydrogen) atoms. The van der Waals surface area contributed by atoms with Gasteiger partial charge in [-0.05, 0) is 61.4 Å². The molecule has 0 radical (unpaired) electrons. The van der Waals surface area contributed by atoms with Gasteiger partial charge in [-0.1, -0.05) is 0 Å². The Morgan fingerprint density at radius 3 is 2.59 bits per heavy atom. The lowest BCUT2D eigenvalue weighted by atomic mass is 10.2. The first kappa shape index (κ1) is 19.3. The predicted octanol–water partition coefficient (Wildman–Crippen LogP) is 2.23. The molecule has 8 nitrogen and oxygen atoms in total. The summed E-state index contributed by atoms with van der Waals surface area (Å²) in [5, 5.41) is 0.988. The molecule has 1 saturated carbocycles. The van der Waals surface area contributed by atoms with E-state index < -0.39 is 10.0 Å². The molecule has 9 heteroatoms. The predicted molar refractivity (Wildman–Crippen MR) is 110 cm³/mol. The summed E-state index contributed by atoms with van der Waals surface area (Å²) in [5.41, 5.74) is 6.95. The first-order valence-corrected chi connectivity index (χ1v) is 10.7. The Kier molecular flexibility index (Phi) is 5.16. The number of hydrogen-bond donors (Lipinski definition) is 3. The second kappa shape index (κ2) is 7.76. The van der Waals surface area contributed by atoms with E-state index in [9.17, 15) is 13.2 Å². The van der Waals surface area contributed by atoms with E-state index in [1.165, 1.54) is 12.1 Å². The summed E-state index contributed by atoms with van der Waals surface area (Å²) in [6.45, 7) is 0.139. The van der Waals surface area contributed by atoms with Crippen LogP contribution in [0.5, 0.6) is 5.75 Å². The fraction of sp³-hybridized carbons (Fsp3) is 0.250. The van der Waals surface area contributed by atoms with Crippen LogP contribution in [0.15, 0.2) is 59.6 Å². The molecule has 1 amide bonds. The van der Waals surface area contributed by atoms with Gasteiger partial charge in [0.05, 0.1) is 17.7 Å². The van der Waals surface area contributed by atoms with Crippen molar-refractivity contribution in [2.75, 3.05) is 12.5 Å². The number of fused-ring (bicyclic) bond motifs is 1. The van der Waals surface area contributed by atoms with Crippen molar-refractivity contribution in [3.63, 3.8) is 0 Å². The highest BCUT2D eigenvalue weighted by molar-refractivity contribution is 7.89. The number of anilines is 1. The maximum atomic E-state index is 12.3. The van der Waals surface area contributed by atoms with Crippen molar-refractivity contribution >= 4 is 32.5 Å². The first-order valence-electron chi connectivity index (χ1n) is 9.25. The molecule has 0 aliphatic heterocycles. The number of carbonyl (C=O) groups excluding carboxylic acids is 1. The normalized spacial score (nSPS) is 14.0. The maximum absolute atomic E-state index is 12.3. The highest BCUT2D eigenvalue weighted by Gasteiger charge is 2.27. The zero-order valence-corrected chi connectivity index (χ0v) is 16.7. The summed E-state index contributed by atoms with van der Waals surface area (Å²) in [6.07, 6.45) is 3.61. The Bertz CT molecular complexity index is 1140. The van der Waals surface area contributed by atoms with E-state index in [0.717, 1.165) is 29.5 Å². The summed E-state index contributed by atoms with van der Waals surface area (Å²) in [6, 6.07) is 13.9. The minimum absolute atomic E-state index is 0.0583. The lowest BCUT2D eigenvalue weighted by Gasteiger charge is -2.11. The summed E-state index contributed by atoms with van der Waals surface area (Å²) in [7, 11) is -1.87. The van der Waals surface area contributed by atoms with Gasteiger partial charge in [0.15, 0.2) is 0 Å². The molecule has 0 bridgehead atoms. The van der Waals surface area contributed by atoms with Crippen molar-refractivity contribution in [2.45, 2.75) is 30.3 Å². The van der Waals surface area contributed by atoms with Crippen molar-refractivity contribution in [3.05, 3.63) is 54.7 Å². The van der Waals surface area contributed by atoms with Gasteiger partial charge in [0.2, 0.25) is 10.0 Å². The van der Waals surface area contributed by atoms with Crippen molar-refractivity contribution in [1.29, 1.82) is 0 Å². The molecule has 3 N–H and O–H groups in total. The number of methoxy groups -OCH3 is 1. The molecule has 0 atom stereocenters. The van der Waals surface area contributed by atoms with Gasteiger partial charge in [0, 0.05) is 23.1 Å². The van der Waals surface area contributed by atoms with Crippen LogP contribution < -0.4 is 20.3 Å². The Hall–Kier alpha value is -3.04. The Morgan fingerprint density at radius 2 is 1.90 bits per heavy atom. The van der Waals surface area contributed by atoms with Crippen LogP contribution in [0.2, 0.25) is 0 Å². The summed E-state index contributed by atoms with van der Waals surface area (Å²) in [4.78, 5) is 12.5. The standard InChI is InChI=1S/C20H22N4O4S/c1-28-17-6-9-19-14(12-17)10-11-24(19)13-20(25)22-21-15-4-7-18(8-5-15)29(26,27)23-16-2-3-16/h4-12,16,21,23H,2-3,13H2,1H3,(H,22,25). The number of nitrogens with zero attached hydrogens (tertiary/aromatic N) is 1. The van der Waals surface area contributed by atoms with Crippen LogP contribution in [-0.2, 0) is 21.4 Å². The SMILES string of the molecule is COc1ccc2c(ccn2CC(=O)NNc2ccc(S(=O)(=O)NC3CC3)cc2)c1. The minimum Gasteiger partial charge on any atom is -0.497 e. The fourth-order valence-electron chi connectivity index (χ4n) is 2.99. The molecule has 1 fully saturated rings. The Labute approximate surface area is 168 Å². The smallest absolute Gasteiger partial charge is 0.258 e. The number of nitrogens with one attached hydrogen (secondary N) is 3. The second-order valence-electron chi connectivity index (χ2n) is 6.96. The zero-order chi connectivity index (χ0) is 20.4. The van der Waals surface area contributed by atoms with Gasteiger partial charge >= 0.3 is 0 Å². The van der Waals surface area contributed by atoms with Gasteiger partial charge in [0.25, 0.3) is 5.91 Å². The van der Waals surface area contributed by atoms with Crippen molar-refractivity contribution in [2.24, 2.45) is 0 Å². The van der Waals surface area contributed by atoms with Crippen LogP contribution in [0.4, 0.5) is 5.69 Å². The number of rotatable bonds is 8. The van der Waals surface area contributed by atoms with Crippen molar-refractivity contribution in [3.8, 4) is 5.75 Å². The molecule has 2 aromatic carbocycles. The third-order valence-corrected chi connectivity index (χ3v) is 6.24. The second-order valence-corrected chi connectivity index (χ2v) is 8.68. The Morgan fingerprint density at radius 1 is 1.14 bits per heavy atom. The van der Waals surface area contributed by atoms with Crippen LogP contribution in [-0.4, -0.2) is 32.0 Å². The average molecular weight is 414 g/mol. The van der Waals surface area contributed by atoms with Gasteiger partial charge < -0.3 is 9.30 Å². The molecule has 1 aliphatic rings. The molecule has 0 saturated heterocycles. The van der Waals surface area contributed by atoms with Crippen LogP contribution in [0, 0.1) is 0 Å². The van der Waals surface area contributed by atoms with Gasteiger partial charge in [-0.15, -0.1) is 0 Å². The number of aromatic nitrogens is 1. The van der Waals surface area contributed by atoms with Crippen molar-refractivity contribution < 1.29 is 17.9 Å². The highest BCUT2D eigenvalue weighted by atomic mass is 32.2. The van der Waals surface area contributed by atoms with Crippen LogP contribution >= 0.6 is 0 Å². The number of amides is 1. The molecule has 0 spiro atoms.